The summed E-state index contributed by atoms with van der Waals surface area (Å²) in [5, 5.41) is 10.8. The molecule has 23 heavy (non-hydrogen) atoms. The number of aryl methyl sites for hydroxylation is 1. The lowest BCUT2D eigenvalue weighted by atomic mass is 10.1. The van der Waals surface area contributed by atoms with Crippen molar-refractivity contribution in [2.75, 3.05) is 11.9 Å². The van der Waals surface area contributed by atoms with Crippen LogP contribution in [0.1, 0.15) is 21.7 Å². The number of carbonyl (C=O) groups is 2. The van der Waals surface area contributed by atoms with Gasteiger partial charge in [0.05, 0.1) is 12.1 Å². The van der Waals surface area contributed by atoms with Crippen molar-refractivity contribution in [3.05, 3.63) is 41.2 Å². The van der Waals surface area contributed by atoms with Crippen LogP contribution < -0.4 is 10.6 Å². The first kappa shape index (κ1) is 16.5. The lowest BCUT2D eigenvalue weighted by Gasteiger charge is -2.08. The molecule has 2 rings (SSSR count). The van der Waals surface area contributed by atoms with Crippen LogP contribution in [0.5, 0.6) is 0 Å². The largest absolute Gasteiger partial charge is 0.416 e. The maximum absolute atomic E-state index is 12.4. The van der Waals surface area contributed by atoms with Crippen LogP contribution in [-0.4, -0.2) is 33.5 Å². The summed E-state index contributed by atoms with van der Waals surface area (Å²) < 4.78 is 37.2. The fourth-order valence-corrected chi connectivity index (χ4v) is 1.64. The summed E-state index contributed by atoms with van der Waals surface area (Å²) in [6.45, 7) is 1.28. The minimum atomic E-state index is -4.47. The van der Waals surface area contributed by atoms with Crippen molar-refractivity contribution in [2.45, 2.75) is 13.1 Å². The Morgan fingerprint density at radius 1 is 1.22 bits per heavy atom. The van der Waals surface area contributed by atoms with Gasteiger partial charge >= 0.3 is 6.18 Å². The van der Waals surface area contributed by atoms with Crippen LogP contribution in [0.15, 0.2) is 24.3 Å². The molecule has 0 saturated carbocycles. The molecule has 1 aromatic heterocycles. The first-order valence-electron chi connectivity index (χ1n) is 6.40. The Morgan fingerprint density at radius 2 is 1.87 bits per heavy atom. The van der Waals surface area contributed by atoms with Crippen LogP contribution in [0, 0.1) is 6.92 Å². The van der Waals surface area contributed by atoms with E-state index in [1.54, 1.807) is 6.92 Å². The molecular formula is C13H12F3N5O2. The highest BCUT2D eigenvalue weighted by atomic mass is 19.4. The highest BCUT2D eigenvalue weighted by Gasteiger charge is 2.30. The van der Waals surface area contributed by atoms with E-state index in [2.05, 4.69) is 25.8 Å². The van der Waals surface area contributed by atoms with Gasteiger partial charge in [-0.05, 0) is 31.2 Å². The molecule has 0 fully saturated rings. The zero-order valence-corrected chi connectivity index (χ0v) is 11.9. The average molecular weight is 327 g/mol. The molecular weight excluding hydrogens is 315 g/mol. The number of halogens is 3. The molecule has 1 aromatic carbocycles. The van der Waals surface area contributed by atoms with Crippen molar-refractivity contribution in [1.82, 2.24) is 20.5 Å². The standard InChI is InChI=1S/C13H12F3N5O2/c1-7-18-12(21-20-7)19-10(22)6-17-11(23)8-2-4-9(5-3-8)13(14,15)16/h2-5H,6H2,1H3,(H,17,23)(H2,18,19,20,21,22). The molecule has 0 spiro atoms. The summed E-state index contributed by atoms with van der Waals surface area (Å²) in [6.07, 6.45) is -4.47. The van der Waals surface area contributed by atoms with Crippen molar-refractivity contribution in [2.24, 2.45) is 0 Å². The number of amides is 2. The van der Waals surface area contributed by atoms with E-state index >= 15 is 0 Å². The average Bonchev–Trinajstić information content (AvgIpc) is 2.89. The lowest BCUT2D eigenvalue weighted by Crippen LogP contribution is -2.33. The summed E-state index contributed by atoms with van der Waals surface area (Å²) in [7, 11) is 0. The molecule has 0 aliphatic heterocycles. The number of carbonyl (C=O) groups excluding carboxylic acids is 2. The third-order valence-corrected chi connectivity index (χ3v) is 2.73. The maximum Gasteiger partial charge on any atom is 0.416 e. The highest BCUT2D eigenvalue weighted by Crippen LogP contribution is 2.28. The van der Waals surface area contributed by atoms with Gasteiger partial charge in [0.25, 0.3) is 5.91 Å². The third kappa shape index (κ3) is 4.53. The second-order valence-electron chi connectivity index (χ2n) is 4.55. The topological polar surface area (TPSA) is 99.8 Å². The number of hydrogen-bond acceptors (Lipinski definition) is 4. The SMILES string of the molecule is Cc1nc(NC(=O)CNC(=O)c2ccc(C(F)(F)F)cc2)n[nH]1. The molecule has 0 saturated heterocycles. The van der Waals surface area contributed by atoms with Crippen molar-refractivity contribution < 1.29 is 22.8 Å². The van der Waals surface area contributed by atoms with E-state index < -0.39 is 23.6 Å². The lowest BCUT2D eigenvalue weighted by molar-refractivity contribution is -0.137. The van der Waals surface area contributed by atoms with Crippen LogP contribution >= 0.6 is 0 Å². The minimum Gasteiger partial charge on any atom is -0.343 e. The van der Waals surface area contributed by atoms with Gasteiger partial charge in [-0.3, -0.25) is 20.0 Å². The maximum atomic E-state index is 12.4. The molecule has 2 aromatic rings. The molecule has 3 N–H and O–H groups in total. The van der Waals surface area contributed by atoms with Crippen LogP contribution in [0.3, 0.4) is 0 Å². The van der Waals surface area contributed by atoms with Gasteiger partial charge in [0, 0.05) is 5.56 Å². The monoisotopic (exact) mass is 327 g/mol. The number of H-pyrrole nitrogens is 1. The number of nitrogens with one attached hydrogen (secondary N) is 3. The molecule has 122 valence electrons. The number of hydrogen-bond donors (Lipinski definition) is 3. The van der Waals surface area contributed by atoms with Crippen molar-refractivity contribution in [1.29, 1.82) is 0 Å². The van der Waals surface area contributed by atoms with Crippen LogP contribution in [0.4, 0.5) is 19.1 Å². The Kier molecular flexibility index (Phi) is 4.63. The van der Waals surface area contributed by atoms with Crippen LogP contribution in [0.25, 0.3) is 0 Å². The molecule has 0 aliphatic carbocycles. The van der Waals surface area contributed by atoms with Gasteiger partial charge in [0.2, 0.25) is 11.9 Å². The first-order chi connectivity index (χ1) is 10.8. The zero-order valence-electron chi connectivity index (χ0n) is 11.9. The van der Waals surface area contributed by atoms with Gasteiger partial charge in [0.1, 0.15) is 5.82 Å². The number of alkyl halides is 3. The molecule has 0 atom stereocenters. The van der Waals surface area contributed by atoms with E-state index in [-0.39, 0.29) is 18.1 Å². The van der Waals surface area contributed by atoms with Crippen LogP contribution in [-0.2, 0) is 11.0 Å². The summed E-state index contributed by atoms with van der Waals surface area (Å²) >= 11 is 0. The Balaban J connectivity index is 1.88. The Hall–Kier alpha value is -2.91. The molecule has 0 bridgehead atoms. The predicted molar refractivity (Wildman–Crippen MR) is 73.5 cm³/mol. The van der Waals surface area contributed by atoms with Gasteiger partial charge < -0.3 is 5.32 Å². The summed E-state index contributed by atoms with van der Waals surface area (Å²) in [5.41, 5.74) is -0.841. The fraction of sp³-hybridized carbons (Fsp3) is 0.231. The van der Waals surface area contributed by atoms with Crippen molar-refractivity contribution >= 4 is 17.8 Å². The normalized spacial score (nSPS) is 11.1. The Bertz CT molecular complexity index is 709. The van der Waals surface area contributed by atoms with Gasteiger partial charge in [-0.15, -0.1) is 5.10 Å². The number of aromatic amines is 1. The molecule has 10 heteroatoms. The number of anilines is 1. The second-order valence-corrected chi connectivity index (χ2v) is 4.55. The van der Waals surface area contributed by atoms with Crippen molar-refractivity contribution in [3.8, 4) is 0 Å². The quantitative estimate of drug-likeness (QED) is 0.792. The molecule has 7 nitrogen and oxygen atoms in total. The smallest absolute Gasteiger partial charge is 0.343 e. The van der Waals surface area contributed by atoms with E-state index in [9.17, 15) is 22.8 Å². The fourth-order valence-electron chi connectivity index (χ4n) is 1.64. The summed E-state index contributed by atoms with van der Waals surface area (Å²) in [6, 6.07) is 3.67. The van der Waals surface area contributed by atoms with E-state index in [0.29, 0.717) is 5.82 Å². The van der Waals surface area contributed by atoms with Gasteiger partial charge in [-0.2, -0.15) is 18.2 Å². The highest BCUT2D eigenvalue weighted by molar-refractivity contribution is 5.98. The van der Waals surface area contributed by atoms with Crippen molar-refractivity contribution in [3.63, 3.8) is 0 Å². The van der Waals surface area contributed by atoms with Crippen LogP contribution in [0.2, 0.25) is 0 Å². The number of nitrogens with zero attached hydrogens (tertiary/aromatic N) is 2. The number of benzene rings is 1. The van der Waals surface area contributed by atoms with Gasteiger partial charge in [0.15, 0.2) is 0 Å². The molecule has 0 unspecified atom stereocenters. The minimum absolute atomic E-state index is 0.0135. The molecule has 1 heterocycles. The Labute approximate surface area is 128 Å². The van der Waals surface area contributed by atoms with E-state index in [0.717, 1.165) is 24.3 Å². The Morgan fingerprint density at radius 3 is 2.39 bits per heavy atom. The predicted octanol–water partition coefficient (Wildman–Crippen LogP) is 1.50. The summed E-state index contributed by atoms with van der Waals surface area (Å²) in [4.78, 5) is 27.2. The molecule has 2 amide bonds. The van der Waals surface area contributed by atoms with Gasteiger partial charge in [-0.1, -0.05) is 0 Å². The van der Waals surface area contributed by atoms with E-state index in [1.165, 1.54) is 0 Å². The third-order valence-electron chi connectivity index (χ3n) is 2.73. The summed E-state index contributed by atoms with van der Waals surface area (Å²) in [5.74, 6) is -0.658. The second kappa shape index (κ2) is 6.46. The molecule has 0 aliphatic rings. The zero-order chi connectivity index (χ0) is 17.0. The number of aromatic nitrogens is 3. The van der Waals surface area contributed by atoms with Gasteiger partial charge in [-0.25, -0.2) is 0 Å². The number of rotatable bonds is 4. The van der Waals surface area contributed by atoms with E-state index in [4.69, 9.17) is 0 Å². The first-order valence-corrected chi connectivity index (χ1v) is 6.40. The molecule has 0 radical (unpaired) electrons. The van der Waals surface area contributed by atoms with E-state index in [1.807, 2.05) is 0 Å².